The zero-order chi connectivity index (χ0) is 25.4. The van der Waals surface area contributed by atoms with E-state index in [0.29, 0.717) is 84.9 Å². The summed E-state index contributed by atoms with van der Waals surface area (Å²) >= 11 is 0. The van der Waals surface area contributed by atoms with Gasteiger partial charge in [0.1, 0.15) is 6.61 Å². The van der Waals surface area contributed by atoms with Gasteiger partial charge in [0.2, 0.25) is 0 Å². The summed E-state index contributed by atoms with van der Waals surface area (Å²) in [5.74, 6) is -0.409. The van der Waals surface area contributed by atoms with Crippen molar-refractivity contribution in [3.8, 4) is 0 Å². The van der Waals surface area contributed by atoms with Crippen molar-refractivity contribution in [1.82, 2.24) is 0 Å². The molecule has 0 N–H and O–H groups in total. The molecule has 0 bridgehead atoms. The first kappa shape index (κ1) is 32.9. The lowest BCUT2D eigenvalue weighted by atomic mass is 10.4. The molecule has 0 saturated heterocycles. The van der Waals surface area contributed by atoms with Crippen molar-refractivity contribution in [3.63, 3.8) is 0 Å². The number of methoxy groups -OCH3 is 1. The first-order chi connectivity index (χ1) is 16.4. The van der Waals surface area contributed by atoms with Crippen LogP contribution in [0.15, 0.2) is 12.2 Å². The summed E-state index contributed by atoms with van der Waals surface area (Å²) in [4.78, 5) is 11.2. The minimum absolute atomic E-state index is 0.00660. The summed E-state index contributed by atoms with van der Waals surface area (Å²) in [6.45, 7) is 16.9. The standard InChI is InChI=1S/C24H46O10/c1-20(2)24(25)32-16-15-30-12-11-28-8-7-27-9-10-29-13-14-31-17-22(4)34-19-23(5)33-18-21(3)26-6/h21-23H,1,7-19H2,2-6H3. The summed E-state index contributed by atoms with van der Waals surface area (Å²) in [5, 5.41) is 0. The number of hydrogen-bond acceptors (Lipinski definition) is 10. The molecule has 0 radical (unpaired) electrons. The Kier molecular flexibility index (Phi) is 22.9. The summed E-state index contributed by atoms with van der Waals surface area (Å²) in [7, 11) is 1.67. The Morgan fingerprint density at radius 2 is 1.00 bits per heavy atom. The van der Waals surface area contributed by atoms with Crippen LogP contribution in [0.25, 0.3) is 0 Å². The lowest BCUT2D eigenvalue weighted by molar-refractivity contribution is -0.140. The Bertz CT molecular complexity index is 488. The first-order valence-corrected chi connectivity index (χ1v) is 11.8. The Morgan fingerprint density at radius 3 is 1.44 bits per heavy atom. The molecule has 0 fully saturated rings. The SMILES string of the molecule is C=C(C)C(=O)OCCOCCOCCOCCOCCOCC(C)OCC(C)OCC(C)OC. The van der Waals surface area contributed by atoms with E-state index in [1.807, 2.05) is 20.8 Å². The van der Waals surface area contributed by atoms with Gasteiger partial charge in [0.05, 0.1) is 97.6 Å². The highest BCUT2D eigenvalue weighted by atomic mass is 16.6. The summed E-state index contributed by atoms with van der Waals surface area (Å²) in [6.07, 6.45) is 0.0664. The molecule has 0 saturated carbocycles. The quantitative estimate of drug-likeness (QED) is 0.106. The Morgan fingerprint density at radius 1 is 0.618 bits per heavy atom. The predicted molar refractivity (Wildman–Crippen MR) is 127 cm³/mol. The molecular formula is C24H46O10. The van der Waals surface area contributed by atoms with E-state index in [4.69, 9.17) is 42.6 Å². The van der Waals surface area contributed by atoms with E-state index < -0.39 is 5.97 Å². The third-order valence-corrected chi connectivity index (χ3v) is 4.28. The Hall–Kier alpha value is -1.11. The molecule has 10 nitrogen and oxygen atoms in total. The molecule has 0 aromatic carbocycles. The normalized spacial score (nSPS) is 14.0. The maximum Gasteiger partial charge on any atom is 0.333 e. The van der Waals surface area contributed by atoms with Crippen LogP contribution in [0, 0.1) is 0 Å². The van der Waals surface area contributed by atoms with Gasteiger partial charge in [-0.3, -0.25) is 0 Å². The van der Waals surface area contributed by atoms with Crippen LogP contribution in [0.3, 0.4) is 0 Å². The highest BCUT2D eigenvalue weighted by Gasteiger charge is 2.09. The van der Waals surface area contributed by atoms with Gasteiger partial charge in [0.15, 0.2) is 0 Å². The minimum Gasteiger partial charge on any atom is -0.460 e. The van der Waals surface area contributed by atoms with E-state index in [1.54, 1.807) is 14.0 Å². The van der Waals surface area contributed by atoms with E-state index in [-0.39, 0.29) is 24.9 Å². The molecule has 202 valence electrons. The maximum atomic E-state index is 11.2. The third kappa shape index (κ3) is 22.7. The number of carbonyl (C=O) groups is 1. The maximum absolute atomic E-state index is 11.2. The molecule has 0 aromatic rings. The van der Waals surface area contributed by atoms with Crippen LogP contribution in [-0.2, 0) is 47.4 Å². The zero-order valence-electron chi connectivity index (χ0n) is 21.7. The molecule has 0 amide bonds. The van der Waals surface area contributed by atoms with Crippen molar-refractivity contribution >= 4 is 5.97 Å². The molecule has 0 aromatic heterocycles. The Labute approximate surface area is 205 Å². The molecule has 0 spiro atoms. The van der Waals surface area contributed by atoms with Gasteiger partial charge in [-0.15, -0.1) is 0 Å². The number of hydrogen-bond donors (Lipinski definition) is 0. The van der Waals surface area contributed by atoms with Crippen LogP contribution in [0.4, 0.5) is 0 Å². The molecular weight excluding hydrogens is 448 g/mol. The van der Waals surface area contributed by atoms with E-state index in [1.165, 1.54) is 0 Å². The largest absolute Gasteiger partial charge is 0.460 e. The van der Waals surface area contributed by atoms with Gasteiger partial charge in [-0.25, -0.2) is 4.79 Å². The fraction of sp³-hybridized carbons (Fsp3) is 0.875. The third-order valence-electron chi connectivity index (χ3n) is 4.28. The van der Waals surface area contributed by atoms with Crippen molar-refractivity contribution in [2.24, 2.45) is 0 Å². The summed E-state index contributed by atoms with van der Waals surface area (Å²) < 4.78 is 48.6. The van der Waals surface area contributed by atoms with Crippen LogP contribution in [0.5, 0.6) is 0 Å². The fourth-order valence-corrected chi connectivity index (χ4v) is 2.21. The van der Waals surface area contributed by atoms with Crippen LogP contribution in [-0.4, -0.2) is 117 Å². The van der Waals surface area contributed by atoms with E-state index >= 15 is 0 Å². The second-order valence-corrected chi connectivity index (χ2v) is 7.77. The molecule has 0 aliphatic carbocycles. The van der Waals surface area contributed by atoms with Crippen LogP contribution >= 0.6 is 0 Å². The monoisotopic (exact) mass is 494 g/mol. The van der Waals surface area contributed by atoms with Crippen LogP contribution in [0.1, 0.15) is 27.7 Å². The second-order valence-electron chi connectivity index (χ2n) is 7.77. The number of carbonyl (C=O) groups excluding carboxylic acids is 1. The van der Waals surface area contributed by atoms with Crippen molar-refractivity contribution in [3.05, 3.63) is 12.2 Å². The molecule has 0 aliphatic heterocycles. The second kappa shape index (κ2) is 23.6. The van der Waals surface area contributed by atoms with Crippen LogP contribution in [0.2, 0.25) is 0 Å². The number of ether oxygens (including phenoxy) is 9. The van der Waals surface area contributed by atoms with E-state index in [0.717, 1.165) is 0 Å². The van der Waals surface area contributed by atoms with Gasteiger partial charge in [0, 0.05) is 12.7 Å². The average Bonchev–Trinajstić information content (AvgIpc) is 2.82. The lowest BCUT2D eigenvalue weighted by Gasteiger charge is -2.19. The molecule has 10 heteroatoms. The number of esters is 1. The molecule has 0 heterocycles. The topological polar surface area (TPSA) is 100 Å². The molecule has 0 rings (SSSR count). The molecule has 3 unspecified atom stereocenters. The van der Waals surface area contributed by atoms with Gasteiger partial charge < -0.3 is 42.6 Å². The number of rotatable bonds is 25. The van der Waals surface area contributed by atoms with Crippen molar-refractivity contribution in [2.75, 3.05) is 93.0 Å². The van der Waals surface area contributed by atoms with E-state index in [9.17, 15) is 4.79 Å². The highest BCUT2D eigenvalue weighted by Crippen LogP contribution is 2.00. The predicted octanol–water partition coefficient (Wildman–Crippen LogP) is 2.03. The van der Waals surface area contributed by atoms with E-state index in [2.05, 4.69) is 6.58 Å². The van der Waals surface area contributed by atoms with Gasteiger partial charge in [-0.05, 0) is 27.7 Å². The van der Waals surface area contributed by atoms with Crippen molar-refractivity contribution in [1.29, 1.82) is 0 Å². The van der Waals surface area contributed by atoms with Gasteiger partial charge in [0.25, 0.3) is 0 Å². The zero-order valence-corrected chi connectivity index (χ0v) is 21.7. The van der Waals surface area contributed by atoms with Crippen molar-refractivity contribution in [2.45, 2.75) is 46.0 Å². The van der Waals surface area contributed by atoms with Gasteiger partial charge >= 0.3 is 5.97 Å². The average molecular weight is 495 g/mol. The first-order valence-electron chi connectivity index (χ1n) is 11.8. The van der Waals surface area contributed by atoms with Gasteiger partial charge in [-0.2, -0.15) is 0 Å². The molecule has 0 aliphatic rings. The summed E-state index contributed by atoms with van der Waals surface area (Å²) in [5.41, 5.74) is 0.374. The minimum atomic E-state index is -0.409. The van der Waals surface area contributed by atoms with Crippen LogP contribution < -0.4 is 0 Å². The summed E-state index contributed by atoms with van der Waals surface area (Å²) in [6, 6.07) is 0. The molecule has 3 atom stereocenters. The van der Waals surface area contributed by atoms with Crippen molar-refractivity contribution < 1.29 is 47.4 Å². The fourth-order valence-electron chi connectivity index (χ4n) is 2.21. The smallest absolute Gasteiger partial charge is 0.333 e. The van der Waals surface area contributed by atoms with Gasteiger partial charge in [-0.1, -0.05) is 6.58 Å². The molecule has 34 heavy (non-hydrogen) atoms. The Balaban J connectivity index is 3.27. The lowest BCUT2D eigenvalue weighted by Crippen LogP contribution is -2.26. The highest BCUT2D eigenvalue weighted by molar-refractivity contribution is 5.86.